The minimum atomic E-state index is -0.189. The van der Waals surface area contributed by atoms with Crippen LogP contribution in [0.5, 0.6) is 5.75 Å². The number of nitrogens with one attached hydrogen (secondary N) is 1. The van der Waals surface area contributed by atoms with Gasteiger partial charge in [0.05, 0.1) is 18.0 Å². The number of ether oxygens (including phenoxy) is 1. The van der Waals surface area contributed by atoms with Crippen molar-refractivity contribution in [2.24, 2.45) is 10.2 Å². The molecule has 6 heteroatoms. The van der Waals surface area contributed by atoms with Gasteiger partial charge >= 0.3 is 0 Å². The summed E-state index contributed by atoms with van der Waals surface area (Å²) in [5.41, 5.74) is 11.3. The Bertz CT molecular complexity index is 1360. The van der Waals surface area contributed by atoms with Crippen LogP contribution in [0, 0.1) is 13.8 Å². The van der Waals surface area contributed by atoms with Crippen LogP contribution in [0.25, 0.3) is 10.8 Å². The summed E-state index contributed by atoms with van der Waals surface area (Å²) in [4.78, 5) is 12.8. The Morgan fingerprint density at radius 1 is 0.941 bits per heavy atom. The molecule has 4 aromatic rings. The Balaban J connectivity index is 1.46. The van der Waals surface area contributed by atoms with Gasteiger partial charge in [0.2, 0.25) is 0 Å². The van der Waals surface area contributed by atoms with Crippen LogP contribution >= 0.6 is 0 Å². The molecule has 0 aromatic heterocycles. The molecule has 4 aromatic carbocycles. The summed E-state index contributed by atoms with van der Waals surface area (Å²) >= 11 is 0. The van der Waals surface area contributed by atoms with Crippen molar-refractivity contribution < 1.29 is 9.53 Å². The fraction of sp³-hybridized carbons (Fsp3) is 0.179. The Labute approximate surface area is 199 Å². The number of nitrogens with two attached hydrogens (primary N) is 1. The average Bonchev–Trinajstić information content (AvgIpc) is 2.84. The van der Waals surface area contributed by atoms with E-state index in [-0.39, 0.29) is 5.91 Å². The number of hydrogen-bond acceptors (Lipinski definition) is 5. The van der Waals surface area contributed by atoms with Crippen molar-refractivity contribution in [3.05, 3.63) is 89.5 Å². The third-order valence-electron chi connectivity index (χ3n) is 5.55. The number of hydrogen-bond donors (Lipinski definition) is 2. The summed E-state index contributed by atoms with van der Waals surface area (Å²) < 4.78 is 5.83. The molecular weight excluding hydrogens is 424 g/mol. The van der Waals surface area contributed by atoms with Crippen LogP contribution < -0.4 is 15.8 Å². The Kier molecular flexibility index (Phi) is 6.87. The van der Waals surface area contributed by atoms with E-state index in [4.69, 9.17) is 10.5 Å². The quantitative estimate of drug-likeness (QED) is 0.225. The summed E-state index contributed by atoms with van der Waals surface area (Å²) in [7, 11) is 0. The lowest BCUT2D eigenvalue weighted by Gasteiger charge is -2.10. The van der Waals surface area contributed by atoms with E-state index in [0.29, 0.717) is 17.9 Å². The van der Waals surface area contributed by atoms with E-state index in [1.807, 2.05) is 62.4 Å². The zero-order chi connectivity index (χ0) is 24.1. The van der Waals surface area contributed by atoms with Crippen LogP contribution in [-0.2, 0) is 0 Å². The highest BCUT2D eigenvalue weighted by Gasteiger charge is 2.08. The average molecular weight is 453 g/mol. The first kappa shape index (κ1) is 23.0. The first-order chi connectivity index (χ1) is 16.4. The molecule has 0 aliphatic rings. The predicted molar refractivity (Wildman–Crippen MR) is 139 cm³/mol. The van der Waals surface area contributed by atoms with Crippen molar-refractivity contribution in [2.75, 3.05) is 17.7 Å². The summed E-state index contributed by atoms with van der Waals surface area (Å²) in [6.07, 6.45) is 0.950. The van der Waals surface area contributed by atoms with E-state index >= 15 is 0 Å². The van der Waals surface area contributed by atoms with Crippen LogP contribution in [0.3, 0.4) is 0 Å². The molecule has 3 N–H and O–H groups in total. The lowest BCUT2D eigenvalue weighted by Crippen LogP contribution is -2.11. The number of fused-ring (bicyclic) bond motifs is 1. The maximum Gasteiger partial charge on any atom is 0.255 e. The number of anilines is 2. The van der Waals surface area contributed by atoms with Gasteiger partial charge in [0.25, 0.3) is 5.91 Å². The predicted octanol–water partition coefficient (Wildman–Crippen LogP) is 7.50. The topological polar surface area (TPSA) is 89.1 Å². The van der Waals surface area contributed by atoms with Gasteiger partial charge in [-0.1, -0.05) is 19.1 Å². The molecule has 0 spiro atoms. The van der Waals surface area contributed by atoms with Gasteiger partial charge in [0, 0.05) is 22.3 Å². The third kappa shape index (κ3) is 5.23. The van der Waals surface area contributed by atoms with E-state index in [2.05, 4.69) is 22.5 Å². The SMILES string of the molecule is CCCOc1cccc2cc(NC(=O)c3ccc(N=Nc4cc(C)c(N)cc4C)cc3)ccc12. The van der Waals surface area contributed by atoms with Crippen LogP contribution in [0.1, 0.15) is 34.8 Å². The van der Waals surface area contributed by atoms with Gasteiger partial charge in [-0.3, -0.25) is 4.79 Å². The number of benzene rings is 4. The molecule has 4 rings (SSSR count). The minimum absolute atomic E-state index is 0.189. The van der Waals surface area contributed by atoms with E-state index in [9.17, 15) is 4.79 Å². The van der Waals surface area contributed by atoms with Gasteiger partial charge < -0.3 is 15.8 Å². The van der Waals surface area contributed by atoms with Gasteiger partial charge in [0.1, 0.15) is 5.75 Å². The standard InChI is InChI=1S/C28H28N4O2/c1-4-14-34-27-7-5-6-21-17-23(12-13-24(21)27)30-28(33)20-8-10-22(11-9-20)31-32-26-16-18(2)25(29)15-19(26)3/h5-13,15-17H,4,14,29H2,1-3H3,(H,30,33). The number of nitrogens with zero attached hydrogens (tertiary/aromatic N) is 2. The van der Waals surface area contributed by atoms with E-state index in [0.717, 1.165) is 51.1 Å². The van der Waals surface area contributed by atoms with Crippen LogP contribution in [0.4, 0.5) is 22.7 Å². The molecule has 0 atom stereocenters. The summed E-state index contributed by atoms with van der Waals surface area (Å²) in [5, 5.41) is 13.6. The smallest absolute Gasteiger partial charge is 0.255 e. The zero-order valence-electron chi connectivity index (χ0n) is 19.6. The monoisotopic (exact) mass is 452 g/mol. The minimum Gasteiger partial charge on any atom is -0.493 e. The van der Waals surface area contributed by atoms with Crippen LogP contribution in [-0.4, -0.2) is 12.5 Å². The number of carbonyl (C=O) groups excluding carboxylic acids is 1. The second-order valence-corrected chi connectivity index (χ2v) is 8.24. The number of rotatable bonds is 7. The molecule has 0 aliphatic carbocycles. The molecule has 0 radical (unpaired) electrons. The van der Waals surface area contributed by atoms with Crippen molar-refractivity contribution in [3.63, 3.8) is 0 Å². The highest BCUT2D eigenvalue weighted by molar-refractivity contribution is 6.05. The number of aryl methyl sites for hydroxylation is 2. The van der Waals surface area contributed by atoms with Gasteiger partial charge in [-0.15, -0.1) is 0 Å². The summed E-state index contributed by atoms with van der Waals surface area (Å²) in [5.74, 6) is 0.664. The molecule has 172 valence electrons. The number of carbonyl (C=O) groups is 1. The first-order valence-corrected chi connectivity index (χ1v) is 11.3. The lowest BCUT2D eigenvalue weighted by atomic mass is 10.1. The molecule has 6 nitrogen and oxygen atoms in total. The maximum absolute atomic E-state index is 12.8. The van der Waals surface area contributed by atoms with Crippen molar-refractivity contribution >= 4 is 39.4 Å². The molecule has 0 heterocycles. The van der Waals surface area contributed by atoms with Crippen molar-refractivity contribution in [3.8, 4) is 5.75 Å². The summed E-state index contributed by atoms with van der Waals surface area (Å²) in [6.45, 7) is 6.64. The van der Waals surface area contributed by atoms with Gasteiger partial charge in [-0.2, -0.15) is 10.2 Å². The fourth-order valence-electron chi connectivity index (χ4n) is 3.59. The first-order valence-electron chi connectivity index (χ1n) is 11.3. The van der Waals surface area contributed by atoms with Crippen molar-refractivity contribution in [2.45, 2.75) is 27.2 Å². The largest absolute Gasteiger partial charge is 0.493 e. The molecule has 0 saturated carbocycles. The van der Waals surface area contributed by atoms with E-state index < -0.39 is 0 Å². The third-order valence-corrected chi connectivity index (χ3v) is 5.55. The molecule has 1 amide bonds. The fourth-order valence-corrected chi connectivity index (χ4v) is 3.59. The van der Waals surface area contributed by atoms with Crippen molar-refractivity contribution in [1.82, 2.24) is 0 Å². The van der Waals surface area contributed by atoms with Gasteiger partial charge in [-0.05, 0) is 97.4 Å². The maximum atomic E-state index is 12.8. The highest BCUT2D eigenvalue weighted by atomic mass is 16.5. The molecule has 34 heavy (non-hydrogen) atoms. The van der Waals surface area contributed by atoms with E-state index in [1.54, 1.807) is 24.3 Å². The van der Waals surface area contributed by atoms with E-state index in [1.165, 1.54) is 0 Å². The number of nitrogen functional groups attached to an aromatic ring is 1. The molecule has 0 saturated heterocycles. The normalized spacial score (nSPS) is 11.1. The van der Waals surface area contributed by atoms with Gasteiger partial charge in [0.15, 0.2) is 0 Å². The highest BCUT2D eigenvalue weighted by Crippen LogP contribution is 2.29. The van der Waals surface area contributed by atoms with Crippen molar-refractivity contribution in [1.29, 1.82) is 0 Å². The molecule has 0 fully saturated rings. The van der Waals surface area contributed by atoms with Crippen LogP contribution in [0.15, 0.2) is 83.0 Å². The van der Waals surface area contributed by atoms with Gasteiger partial charge in [-0.25, -0.2) is 0 Å². The Morgan fingerprint density at radius 3 is 2.50 bits per heavy atom. The second kappa shape index (κ2) is 10.2. The molecule has 0 bridgehead atoms. The zero-order valence-corrected chi connectivity index (χ0v) is 19.6. The second-order valence-electron chi connectivity index (χ2n) is 8.24. The Morgan fingerprint density at radius 2 is 1.74 bits per heavy atom. The Hall–Kier alpha value is -4.19. The lowest BCUT2D eigenvalue weighted by molar-refractivity contribution is 0.102. The molecule has 0 aliphatic heterocycles. The summed E-state index contributed by atoms with van der Waals surface area (Å²) in [6, 6.07) is 22.6. The number of azo groups is 1. The molecule has 0 unspecified atom stereocenters. The van der Waals surface area contributed by atoms with Crippen LogP contribution in [0.2, 0.25) is 0 Å². The number of amides is 1. The molecular formula is C28H28N4O2.